The standard InChI is InChI=1S/C7H5Cl2N3/c8-6-3-11-12(9)7-4-10-2-1-5(6)7/h1-4,11H. The lowest BCUT2D eigenvalue weighted by Crippen LogP contribution is -2.27. The van der Waals surface area contributed by atoms with E-state index in [-0.39, 0.29) is 0 Å². The fourth-order valence-electron chi connectivity index (χ4n) is 1.01. The zero-order chi connectivity index (χ0) is 8.55. The molecule has 0 amide bonds. The number of fused-ring (bicyclic) bond motifs is 1. The van der Waals surface area contributed by atoms with Crippen LogP contribution in [0.1, 0.15) is 5.56 Å². The largest absolute Gasteiger partial charge is 0.289 e. The highest BCUT2D eigenvalue weighted by atomic mass is 35.5. The van der Waals surface area contributed by atoms with Gasteiger partial charge in [-0.25, -0.2) is 0 Å². The number of hydrogen-bond acceptors (Lipinski definition) is 3. The van der Waals surface area contributed by atoms with Crippen LogP contribution in [0.5, 0.6) is 0 Å². The van der Waals surface area contributed by atoms with E-state index in [1.807, 2.05) is 6.07 Å². The maximum absolute atomic E-state index is 5.90. The van der Waals surface area contributed by atoms with E-state index in [1.165, 1.54) is 4.53 Å². The Kier molecular flexibility index (Phi) is 1.83. The summed E-state index contributed by atoms with van der Waals surface area (Å²) in [6.07, 6.45) is 4.94. The summed E-state index contributed by atoms with van der Waals surface area (Å²) in [5.41, 5.74) is 4.38. The maximum atomic E-state index is 5.90. The molecule has 0 bridgehead atoms. The summed E-state index contributed by atoms with van der Waals surface area (Å²) in [6, 6.07) is 1.81. The molecule has 2 heterocycles. The van der Waals surface area contributed by atoms with Gasteiger partial charge in [0.1, 0.15) is 5.69 Å². The first-order valence-corrected chi connectivity index (χ1v) is 4.03. The lowest BCUT2D eigenvalue weighted by atomic mass is 10.2. The number of nitrogens with zero attached hydrogens (tertiary/aromatic N) is 2. The van der Waals surface area contributed by atoms with Crippen LogP contribution >= 0.6 is 23.4 Å². The van der Waals surface area contributed by atoms with Crippen molar-refractivity contribution < 1.29 is 0 Å². The van der Waals surface area contributed by atoms with E-state index in [2.05, 4.69) is 10.4 Å². The zero-order valence-electron chi connectivity index (χ0n) is 5.96. The molecule has 0 aliphatic carbocycles. The number of aromatic nitrogens is 1. The fraction of sp³-hybridized carbons (Fsp3) is 0. The van der Waals surface area contributed by atoms with Crippen LogP contribution in [-0.2, 0) is 0 Å². The summed E-state index contributed by atoms with van der Waals surface area (Å²) in [7, 11) is 0. The summed E-state index contributed by atoms with van der Waals surface area (Å²) >= 11 is 11.7. The smallest absolute Gasteiger partial charge is 0.103 e. The van der Waals surface area contributed by atoms with Gasteiger partial charge < -0.3 is 0 Å². The van der Waals surface area contributed by atoms with Crippen LogP contribution in [-0.4, -0.2) is 4.98 Å². The van der Waals surface area contributed by atoms with E-state index in [4.69, 9.17) is 23.4 Å². The number of anilines is 1. The molecule has 0 saturated heterocycles. The van der Waals surface area contributed by atoms with Gasteiger partial charge in [-0.1, -0.05) is 11.6 Å². The summed E-state index contributed by atoms with van der Waals surface area (Å²) in [5.74, 6) is 0. The summed E-state index contributed by atoms with van der Waals surface area (Å²) < 4.78 is 1.34. The molecule has 0 fully saturated rings. The van der Waals surface area contributed by atoms with E-state index >= 15 is 0 Å². The first-order valence-electron chi connectivity index (χ1n) is 3.31. The van der Waals surface area contributed by atoms with E-state index < -0.39 is 0 Å². The van der Waals surface area contributed by atoms with Gasteiger partial charge in [-0.05, 0) is 6.07 Å². The van der Waals surface area contributed by atoms with Crippen molar-refractivity contribution in [1.82, 2.24) is 10.4 Å². The molecular weight excluding hydrogens is 197 g/mol. The molecule has 1 N–H and O–H groups in total. The van der Waals surface area contributed by atoms with Gasteiger partial charge in [0, 0.05) is 29.7 Å². The van der Waals surface area contributed by atoms with Gasteiger partial charge in [0.2, 0.25) is 0 Å². The average molecular weight is 202 g/mol. The Bertz CT molecular complexity index is 337. The monoisotopic (exact) mass is 201 g/mol. The molecule has 3 nitrogen and oxygen atoms in total. The minimum Gasteiger partial charge on any atom is -0.289 e. The van der Waals surface area contributed by atoms with Crippen LogP contribution in [0, 0.1) is 0 Å². The zero-order valence-corrected chi connectivity index (χ0v) is 7.47. The van der Waals surface area contributed by atoms with Gasteiger partial charge in [-0.3, -0.25) is 10.4 Å². The molecule has 0 spiro atoms. The molecule has 62 valence electrons. The molecule has 1 aromatic heterocycles. The average Bonchev–Trinajstić information content (AvgIpc) is 2.12. The lowest BCUT2D eigenvalue weighted by Gasteiger charge is -2.22. The number of hydrazine groups is 1. The van der Waals surface area contributed by atoms with E-state index in [0.29, 0.717) is 5.03 Å². The molecule has 1 aliphatic rings. The topological polar surface area (TPSA) is 28.2 Å². The third kappa shape index (κ3) is 1.11. The van der Waals surface area contributed by atoms with Crippen LogP contribution in [0.4, 0.5) is 5.69 Å². The Morgan fingerprint density at radius 2 is 2.33 bits per heavy atom. The molecule has 0 unspecified atom stereocenters. The van der Waals surface area contributed by atoms with Crippen molar-refractivity contribution >= 4 is 34.1 Å². The molecule has 12 heavy (non-hydrogen) atoms. The lowest BCUT2D eigenvalue weighted by molar-refractivity contribution is 0.934. The minimum absolute atomic E-state index is 0.629. The fourth-order valence-corrected chi connectivity index (χ4v) is 1.40. The first kappa shape index (κ1) is 7.71. The molecular formula is C7H5Cl2N3. The van der Waals surface area contributed by atoms with Crippen LogP contribution in [0.15, 0.2) is 24.7 Å². The molecule has 2 rings (SSSR count). The highest BCUT2D eigenvalue weighted by Crippen LogP contribution is 2.31. The molecule has 0 saturated carbocycles. The Hall–Kier alpha value is -0.930. The normalized spacial score (nSPS) is 14.8. The third-order valence-electron chi connectivity index (χ3n) is 1.57. The van der Waals surface area contributed by atoms with Crippen molar-refractivity contribution in [2.24, 2.45) is 0 Å². The van der Waals surface area contributed by atoms with Gasteiger partial charge >= 0.3 is 0 Å². The van der Waals surface area contributed by atoms with Crippen molar-refractivity contribution in [3.8, 4) is 0 Å². The van der Waals surface area contributed by atoms with Crippen molar-refractivity contribution in [2.45, 2.75) is 0 Å². The predicted molar refractivity (Wildman–Crippen MR) is 49.5 cm³/mol. The Labute approximate surface area is 79.7 Å². The van der Waals surface area contributed by atoms with E-state index in [1.54, 1.807) is 18.6 Å². The number of rotatable bonds is 0. The van der Waals surface area contributed by atoms with Gasteiger partial charge in [0.15, 0.2) is 0 Å². The second kappa shape index (κ2) is 2.84. The molecule has 5 heteroatoms. The number of pyridine rings is 1. The third-order valence-corrected chi connectivity index (χ3v) is 2.17. The number of nitrogens with one attached hydrogen (secondary N) is 1. The maximum Gasteiger partial charge on any atom is 0.103 e. The van der Waals surface area contributed by atoms with Crippen molar-refractivity contribution in [1.29, 1.82) is 0 Å². The molecule has 0 radical (unpaired) electrons. The first-order chi connectivity index (χ1) is 5.79. The molecule has 0 atom stereocenters. The van der Waals surface area contributed by atoms with Crippen LogP contribution in [0.25, 0.3) is 5.03 Å². The summed E-state index contributed by atoms with van der Waals surface area (Å²) in [6.45, 7) is 0. The molecule has 1 aliphatic heterocycles. The van der Waals surface area contributed by atoms with Gasteiger partial charge in [-0.2, -0.15) is 4.53 Å². The van der Waals surface area contributed by atoms with Crippen molar-refractivity contribution in [3.63, 3.8) is 0 Å². The quantitative estimate of drug-likeness (QED) is 0.653. The van der Waals surface area contributed by atoms with E-state index in [9.17, 15) is 0 Å². The van der Waals surface area contributed by atoms with Crippen molar-refractivity contribution in [3.05, 3.63) is 30.2 Å². The summed E-state index contributed by atoms with van der Waals surface area (Å²) in [5, 5.41) is 0.629. The SMILES string of the molecule is ClC1=CNN(Cl)c2cnccc21. The van der Waals surface area contributed by atoms with Crippen LogP contribution < -0.4 is 9.95 Å². The summed E-state index contributed by atoms with van der Waals surface area (Å²) in [4.78, 5) is 3.93. The molecule has 1 aromatic rings. The van der Waals surface area contributed by atoms with Crippen LogP contribution in [0.2, 0.25) is 0 Å². The Balaban J connectivity index is 2.58. The van der Waals surface area contributed by atoms with Crippen molar-refractivity contribution in [2.75, 3.05) is 4.53 Å². The number of halogens is 2. The Morgan fingerprint density at radius 3 is 3.08 bits per heavy atom. The van der Waals surface area contributed by atoms with Gasteiger partial charge in [0.25, 0.3) is 0 Å². The van der Waals surface area contributed by atoms with Gasteiger partial charge in [-0.15, -0.1) is 0 Å². The van der Waals surface area contributed by atoms with Gasteiger partial charge in [0.05, 0.1) is 11.2 Å². The second-order valence-corrected chi connectivity index (χ2v) is 3.04. The minimum atomic E-state index is 0.629. The predicted octanol–water partition coefficient (Wildman–Crippen LogP) is 2.10. The van der Waals surface area contributed by atoms with E-state index in [0.717, 1.165) is 11.3 Å². The highest BCUT2D eigenvalue weighted by molar-refractivity contribution is 6.49. The Morgan fingerprint density at radius 1 is 1.50 bits per heavy atom. The second-order valence-electron chi connectivity index (χ2n) is 2.30. The number of hydrogen-bond donors (Lipinski definition) is 1. The molecule has 0 aromatic carbocycles. The van der Waals surface area contributed by atoms with Crippen LogP contribution in [0.3, 0.4) is 0 Å². The highest BCUT2D eigenvalue weighted by Gasteiger charge is 2.15.